The van der Waals surface area contributed by atoms with Crippen molar-refractivity contribution in [1.82, 2.24) is 10.2 Å². The fraction of sp³-hybridized carbons (Fsp3) is 0.100. The predicted octanol–water partition coefficient (Wildman–Crippen LogP) is 3.57. The van der Waals surface area contributed by atoms with Crippen LogP contribution in [0.5, 0.6) is 0 Å². The number of anilines is 3. The zero-order valence-electron chi connectivity index (χ0n) is 14.9. The number of nitrogens with zero attached hydrogens (tertiary/aromatic N) is 2. The monoisotopic (exact) mass is 362 g/mol. The molecule has 0 spiro atoms. The maximum absolute atomic E-state index is 12.3. The maximum Gasteiger partial charge on any atom is 0.339 e. The number of ether oxygens (including phenoxy) is 1. The molecule has 0 atom stereocenters. The van der Waals surface area contributed by atoms with E-state index in [0.29, 0.717) is 28.5 Å². The van der Waals surface area contributed by atoms with Gasteiger partial charge in [-0.3, -0.25) is 4.79 Å². The predicted molar refractivity (Wildman–Crippen MR) is 102 cm³/mol. The lowest BCUT2D eigenvalue weighted by Gasteiger charge is -2.10. The quantitative estimate of drug-likeness (QED) is 0.674. The van der Waals surface area contributed by atoms with Crippen molar-refractivity contribution >= 4 is 29.2 Å². The van der Waals surface area contributed by atoms with Gasteiger partial charge < -0.3 is 15.4 Å². The van der Waals surface area contributed by atoms with Gasteiger partial charge in [0.15, 0.2) is 11.6 Å². The normalized spacial score (nSPS) is 10.1. The summed E-state index contributed by atoms with van der Waals surface area (Å²) in [6.07, 6.45) is 0. The number of nitrogens with one attached hydrogen (secondary N) is 2. The Labute approximate surface area is 156 Å². The van der Waals surface area contributed by atoms with Gasteiger partial charge in [0.2, 0.25) is 0 Å². The first kappa shape index (κ1) is 18.1. The van der Waals surface area contributed by atoms with Gasteiger partial charge in [-0.2, -0.15) is 0 Å². The van der Waals surface area contributed by atoms with Crippen LogP contribution in [-0.4, -0.2) is 29.2 Å². The van der Waals surface area contributed by atoms with Gasteiger partial charge in [0.05, 0.1) is 18.4 Å². The molecule has 0 aliphatic heterocycles. The van der Waals surface area contributed by atoms with Crippen LogP contribution in [0.3, 0.4) is 0 Å². The van der Waals surface area contributed by atoms with E-state index in [1.54, 1.807) is 48.5 Å². The molecule has 1 aromatic heterocycles. The van der Waals surface area contributed by atoms with Crippen molar-refractivity contribution in [1.29, 1.82) is 0 Å². The number of hydrogen-bond donors (Lipinski definition) is 2. The summed E-state index contributed by atoms with van der Waals surface area (Å²) >= 11 is 0. The van der Waals surface area contributed by atoms with E-state index in [9.17, 15) is 9.59 Å². The average Bonchev–Trinajstić information content (AvgIpc) is 2.69. The number of benzene rings is 2. The zero-order chi connectivity index (χ0) is 19.2. The van der Waals surface area contributed by atoms with Gasteiger partial charge in [0, 0.05) is 5.56 Å². The van der Waals surface area contributed by atoms with Crippen molar-refractivity contribution in [2.24, 2.45) is 0 Å². The van der Waals surface area contributed by atoms with Crippen molar-refractivity contribution in [3.8, 4) is 0 Å². The molecule has 3 aromatic rings. The summed E-state index contributed by atoms with van der Waals surface area (Å²) in [5, 5.41) is 13.8. The number of rotatable bonds is 5. The highest BCUT2D eigenvalue weighted by Gasteiger charge is 2.12. The first-order valence-corrected chi connectivity index (χ1v) is 8.23. The highest BCUT2D eigenvalue weighted by atomic mass is 16.5. The van der Waals surface area contributed by atoms with E-state index in [-0.39, 0.29) is 5.91 Å². The highest BCUT2D eigenvalue weighted by molar-refractivity contribution is 6.04. The van der Waals surface area contributed by atoms with Crippen LogP contribution >= 0.6 is 0 Å². The van der Waals surface area contributed by atoms with Crippen molar-refractivity contribution in [2.75, 3.05) is 17.7 Å². The lowest BCUT2D eigenvalue weighted by Crippen LogP contribution is -2.14. The summed E-state index contributed by atoms with van der Waals surface area (Å²) in [6, 6.07) is 17.5. The van der Waals surface area contributed by atoms with E-state index < -0.39 is 5.97 Å². The summed E-state index contributed by atoms with van der Waals surface area (Å²) in [5.74, 6) is 0.0580. The fourth-order valence-electron chi connectivity index (χ4n) is 2.49. The summed E-state index contributed by atoms with van der Waals surface area (Å²) in [5.41, 5.74) is 2.39. The Balaban J connectivity index is 1.72. The Kier molecular flexibility index (Phi) is 5.41. The Morgan fingerprint density at radius 2 is 1.48 bits per heavy atom. The van der Waals surface area contributed by atoms with E-state index in [0.717, 1.165) is 5.56 Å². The van der Waals surface area contributed by atoms with Gasteiger partial charge in [0.25, 0.3) is 5.91 Å². The molecular formula is C20H18N4O3. The number of para-hydroxylation sites is 1. The van der Waals surface area contributed by atoms with Crippen LogP contribution in [0, 0.1) is 6.92 Å². The van der Waals surface area contributed by atoms with Crippen LogP contribution in [-0.2, 0) is 4.74 Å². The van der Waals surface area contributed by atoms with E-state index in [2.05, 4.69) is 20.8 Å². The van der Waals surface area contributed by atoms with Crippen molar-refractivity contribution in [2.45, 2.75) is 6.92 Å². The van der Waals surface area contributed by atoms with E-state index in [1.807, 2.05) is 19.1 Å². The van der Waals surface area contributed by atoms with E-state index >= 15 is 0 Å². The number of hydrogen-bond acceptors (Lipinski definition) is 6. The number of amides is 1. The molecule has 7 heteroatoms. The van der Waals surface area contributed by atoms with Gasteiger partial charge in [-0.1, -0.05) is 30.3 Å². The second-order valence-electron chi connectivity index (χ2n) is 5.74. The minimum absolute atomic E-state index is 0.251. The third-order valence-corrected chi connectivity index (χ3v) is 3.89. The summed E-state index contributed by atoms with van der Waals surface area (Å²) in [4.78, 5) is 24.1. The topological polar surface area (TPSA) is 93.2 Å². The molecule has 136 valence electrons. The Bertz CT molecular complexity index is 971. The Hall–Kier alpha value is -3.74. The molecule has 2 N–H and O–H groups in total. The zero-order valence-corrected chi connectivity index (χ0v) is 14.9. The highest BCUT2D eigenvalue weighted by Crippen LogP contribution is 2.20. The molecule has 0 aliphatic carbocycles. The molecular weight excluding hydrogens is 344 g/mol. The van der Waals surface area contributed by atoms with E-state index in [1.165, 1.54) is 7.11 Å². The number of aryl methyl sites for hydroxylation is 1. The molecule has 0 saturated carbocycles. The molecule has 0 bridgehead atoms. The van der Waals surface area contributed by atoms with Gasteiger partial charge in [-0.25, -0.2) is 4.79 Å². The van der Waals surface area contributed by atoms with Crippen LogP contribution in [0.2, 0.25) is 0 Å². The number of esters is 1. The smallest absolute Gasteiger partial charge is 0.339 e. The number of methoxy groups -OCH3 is 1. The standard InChI is InChI=1S/C20H18N4O3/c1-13-7-3-4-8-14(13)19(25)22-18-12-11-17(23-24-18)21-16-10-6-5-9-15(16)20(26)27-2/h3-12H,1-2H3,(H,21,23)(H,22,24,25). The van der Waals surface area contributed by atoms with Gasteiger partial charge >= 0.3 is 5.97 Å². The molecule has 7 nitrogen and oxygen atoms in total. The fourth-order valence-corrected chi connectivity index (χ4v) is 2.49. The molecule has 0 fully saturated rings. The van der Waals surface area contributed by atoms with Gasteiger partial charge in [-0.05, 0) is 42.8 Å². The molecule has 3 rings (SSSR count). The SMILES string of the molecule is COC(=O)c1ccccc1Nc1ccc(NC(=O)c2ccccc2C)nn1. The molecule has 2 aromatic carbocycles. The largest absolute Gasteiger partial charge is 0.465 e. The Morgan fingerprint density at radius 3 is 2.15 bits per heavy atom. The summed E-state index contributed by atoms with van der Waals surface area (Å²) in [6.45, 7) is 1.87. The number of aromatic nitrogens is 2. The van der Waals surface area contributed by atoms with Crippen LogP contribution in [0.25, 0.3) is 0 Å². The maximum atomic E-state index is 12.3. The average molecular weight is 362 g/mol. The van der Waals surface area contributed by atoms with Crippen LogP contribution in [0.15, 0.2) is 60.7 Å². The van der Waals surface area contributed by atoms with Crippen LogP contribution in [0.4, 0.5) is 17.3 Å². The second kappa shape index (κ2) is 8.09. The molecule has 0 radical (unpaired) electrons. The Morgan fingerprint density at radius 1 is 0.852 bits per heavy atom. The summed E-state index contributed by atoms with van der Waals surface area (Å²) in [7, 11) is 1.32. The lowest BCUT2D eigenvalue weighted by molar-refractivity contribution is 0.0601. The van der Waals surface area contributed by atoms with Crippen molar-refractivity contribution in [3.05, 3.63) is 77.4 Å². The minimum Gasteiger partial charge on any atom is -0.465 e. The van der Waals surface area contributed by atoms with E-state index in [4.69, 9.17) is 4.74 Å². The molecule has 0 saturated heterocycles. The van der Waals surface area contributed by atoms with Crippen molar-refractivity contribution < 1.29 is 14.3 Å². The van der Waals surface area contributed by atoms with Gasteiger partial charge in [-0.15, -0.1) is 10.2 Å². The third-order valence-electron chi connectivity index (χ3n) is 3.89. The second-order valence-corrected chi connectivity index (χ2v) is 5.74. The number of carbonyl (C=O) groups excluding carboxylic acids is 2. The molecule has 1 amide bonds. The molecule has 27 heavy (non-hydrogen) atoms. The first-order valence-electron chi connectivity index (χ1n) is 8.23. The number of carbonyl (C=O) groups is 2. The molecule has 0 unspecified atom stereocenters. The lowest BCUT2D eigenvalue weighted by atomic mass is 10.1. The summed E-state index contributed by atoms with van der Waals surface area (Å²) < 4.78 is 4.77. The van der Waals surface area contributed by atoms with Crippen LogP contribution < -0.4 is 10.6 Å². The molecule has 1 heterocycles. The third kappa shape index (κ3) is 4.27. The van der Waals surface area contributed by atoms with Crippen molar-refractivity contribution in [3.63, 3.8) is 0 Å². The van der Waals surface area contributed by atoms with Crippen LogP contribution in [0.1, 0.15) is 26.3 Å². The molecule has 0 aliphatic rings. The minimum atomic E-state index is -0.451. The first-order chi connectivity index (χ1) is 13.1. The van der Waals surface area contributed by atoms with Gasteiger partial charge in [0.1, 0.15) is 0 Å².